The van der Waals surface area contributed by atoms with Crippen LogP contribution in [-0.4, -0.2) is 23.7 Å². The summed E-state index contributed by atoms with van der Waals surface area (Å²) in [6, 6.07) is 0. The number of carbonyl (C=O) groups is 2. The number of allylic oxidation sites excluding steroid dienone is 2. The minimum atomic E-state index is -0.944. The molecule has 0 aliphatic carbocycles. The molecule has 0 aromatic carbocycles. The smallest absolute Gasteiger partial charge is 0.309 e. The Kier molecular flexibility index (Phi) is 22.9. The summed E-state index contributed by atoms with van der Waals surface area (Å²) in [5.41, 5.74) is 0. The molecule has 0 bridgehead atoms. The van der Waals surface area contributed by atoms with Crippen molar-refractivity contribution in [2.75, 3.05) is 6.61 Å². The molecule has 0 amide bonds. The molecule has 0 aliphatic rings. The topological polar surface area (TPSA) is 63.6 Å². The van der Waals surface area contributed by atoms with Crippen LogP contribution in [-0.2, 0) is 14.3 Å². The van der Waals surface area contributed by atoms with Crippen LogP contribution in [0.2, 0.25) is 0 Å². The van der Waals surface area contributed by atoms with E-state index < -0.39 is 17.9 Å². The molecule has 1 unspecified atom stereocenters. The monoisotopic (exact) mass is 450 g/mol. The molecule has 0 aromatic heterocycles. The number of carboxylic acids is 1. The normalized spacial score (nSPS) is 12.2. The lowest BCUT2D eigenvalue weighted by atomic mass is 9.97. The molecule has 0 saturated heterocycles. The molecule has 186 valence electrons. The maximum Gasteiger partial charge on any atom is 0.309 e. The molecule has 1 atom stereocenters. The maximum absolute atomic E-state index is 11.9. The van der Waals surface area contributed by atoms with Crippen molar-refractivity contribution in [3.05, 3.63) is 24.8 Å². The Morgan fingerprint density at radius 1 is 0.781 bits per heavy atom. The summed E-state index contributed by atoms with van der Waals surface area (Å²) in [7, 11) is 0. The number of carbonyl (C=O) groups excluding carboxylic acids is 1. The second-order valence-corrected chi connectivity index (χ2v) is 9.00. The molecule has 0 saturated carbocycles. The lowest BCUT2D eigenvalue weighted by Gasteiger charge is -2.13. The van der Waals surface area contributed by atoms with E-state index in [0.29, 0.717) is 6.42 Å². The van der Waals surface area contributed by atoms with Crippen molar-refractivity contribution in [2.24, 2.45) is 5.92 Å². The first-order valence-corrected chi connectivity index (χ1v) is 13.3. The van der Waals surface area contributed by atoms with Crippen LogP contribution >= 0.6 is 0 Å². The molecule has 4 nitrogen and oxygen atoms in total. The summed E-state index contributed by atoms with van der Waals surface area (Å²) < 4.78 is 5.02. The van der Waals surface area contributed by atoms with Gasteiger partial charge in [-0.1, -0.05) is 115 Å². The molecular weight excluding hydrogens is 400 g/mol. The van der Waals surface area contributed by atoms with Crippen LogP contribution in [0.15, 0.2) is 24.8 Å². The summed E-state index contributed by atoms with van der Waals surface area (Å²) in [6.45, 7) is 5.91. The Morgan fingerprint density at radius 2 is 1.25 bits per heavy atom. The largest absolute Gasteiger partial charge is 0.481 e. The number of ether oxygens (including phenoxy) is 1. The van der Waals surface area contributed by atoms with Gasteiger partial charge < -0.3 is 9.84 Å². The van der Waals surface area contributed by atoms with E-state index in [9.17, 15) is 9.59 Å². The minimum Gasteiger partial charge on any atom is -0.481 e. The highest BCUT2D eigenvalue weighted by Crippen LogP contribution is 2.18. The first-order valence-electron chi connectivity index (χ1n) is 13.3. The number of unbranched alkanes of at least 4 members (excludes halogenated alkanes) is 15. The van der Waals surface area contributed by atoms with Gasteiger partial charge in [0.1, 0.15) is 6.61 Å². The van der Waals surface area contributed by atoms with E-state index in [1.807, 2.05) is 0 Å². The molecule has 0 fully saturated rings. The zero-order valence-electron chi connectivity index (χ0n) is 20.8. The molecule has 0 rings (SSSR count). The van der Waals surface area contributed by atoms with Gasteiger partial charge in [0, 0.05) is 0 Å². The van der Waals surface area contributed by atoms with Crippen molar-refractivity contribution >= 4 is 11.9 Å². The fraction of sp³-hybridized carbons (Fsp3) is 0.786. The molecule has 0 aliphatic heterocycles. The fourth-order valence-corrected chi connectivity index (χ4v) is 3.94. The van der Waals surface area contributed by atoms with Crippen LogP contribution in [0, 0.1) is 5.92 Å². The average Bonchev–Trinajstić information content (AvgIpc) is 2.77. The first kappa shape index (κ1) is 30.4. The van der Waals surface area contributed by atoms with Crippen LogP contribution in [0.4, 0.5) is 0 Å². The van der Waals surface area contributed by atoms with Crippen LogP contribution in [0.3, 0.4) is 0 Å². The SMILES string of the molecule is C=CCOC(=O)C(CCCCCCCCCCCCCC/C=C/CCCCC)CC(=O)O. The van der Waals surface area contributed by atoms with Gasteiger partial charge in [-0.2, -0.15) is 0 Å². The minimum absolute atomic E-state index is 0.144. The van der Waals surface area contributed by atoms with Gasteiger partial charge in [0.15, 0.2) is 0 Å². The molecule has 32 heavy (non-hydrogen) atoms. The highest BCUT2D eigenvalue weighted by Gasteiger charge is 2.22. The number of hydrogen-bond acceptors (Lipinski definition) is 3. The van der Waals surface area contributed by atoms with Crippen molar-refractivity contribution in [1.29, 1.82) is 0 Å². The molecule has 0 aromatic rings. The van der Waals surface area contributed by atoms with Crippen molar-refractivity contribution < 1.29 is 19.4 Å². The van der Waals surface area contributed by atoms with Crippen LogP contribution in [0.25, 0.3) is 0 Å². The Hall–Kier alpha value is -1.58. The number of carboxylic acid groups (broad SMARTS) is 1. The molecule has 0 radical (unpaired) electrons. The van der Waals surface area contributed by atoms with Gasteiger partial charge in [0.05, 0.1) is 12.3 Å². The second-order valence-electron chi connectivity index (χ2n) is 9.00. The fourth-order valence-electron chi connectivity index (χ4n) is 3.94. The number of aliphatic carboxylic acids is 1. The van der Waals surface area contributed by atoms with E-state index in [-0.39, 0.29) is 13.0 Å². The van der Waals surface area contributed by atoms with Gasteiger partial charge in [-0.15, -0.1) is 0 Å². The standard InChI is InChI=1S/C28H50O4/c1-3-5-6-7-8-9-10-11-12-13-14-15-16-17-18-19-20-21-22-23-26(25-27(29)30)28(31)32-24-4-2/h4,8-9,26H,2-3,5-7,10-25H2,1H3,(H,29,30)/b9-8+. The number of rotatable bonds is 24. The van der Waals surface area contributed by atoms with Crippen LogP contribution in [0.5, 0.6) is 0 Å². The predicted molar refractivity (Wildman–Crippen MR) is 135 cm³/mol. The van der Waals surface area contributed by atoms with Crippen LogP contribution < -0.4 is 0 Å². The second kappa shape index (κ2) is 24.1. The van der Waals surface area contributed by atoms with E-state index in [1.54, 1.807) is 0 Å². The zero-order chi connectivity index (χ0) is 23.7. The Balaban J connectivity index is 3.46. The summed E-state index contributed by atoms with van der Waals surface area (Å²) in [5.74, 6) is -1.89. The van der Waals surface area contributed by atoms with Crippen LogP contribution in [0.1, 0.15) is 129 Å². The molecule has 0 heterocycles. The quantitative estimate of drug-likeness (QED) is 0.0910. The van der Waals surface area contributed by atoms with Crippen molar-refractivity contribution in [2.45, 2.75) is 129 Å². The maximum atomic E-state index is 11.9. The summed E-state index contributed by atoms with van der Waals surface area (Å²) >= 11 is 0. The third-order valence-electron chi connectivity index (χ3n) is 5.91. The molecular formula is C28H50O4. The summed E-state index contributed by atoms with van der Waals surface area (Å²) in [5, 5.41) is 8.99. The lowest BCUT2D eigenvalue weighted by Crippen LogP contribution is -2.21. The summed E-state index contributed by atoms with van der Waals surface area (Å²) in [6.07, 6.45) is 28.3. The van der Waals surface area contributed by atoms with E-state index in [0.717, 1.165) is 19.3 Å². The molecule has 1 N–H and O–H groups in total. The lowest BCUT2D eigenvalue weighted by molar-refractivity contribution is -0.152. The number of hydrogen-bond donors (Lipinski definition) is 1. The van der Waals surface area contributed by atoms with E-state index >= 15 is 0 Å². The van der Waals surface area contributed by atoms with Gasteiger partial charge in [0.25, 0.3) is 0 Å². The predicted octanol–water partition coefficient (Wildman–Crippen LogP) is 8.40. The third-order valence-corrected chi connectivity index (χ3v) is 5.91. The van der Waals surface area contributed by atoms with E-state index in [2.05, 4.69) is 25.7 Å². The van der Waals surface area contributed by atoms with E-state index in [1.165, 1.54) is 96.0 Å². The molecule has 4 heteroatoms. The Bertz CT molecular complexity index is 484. The Labute approximate surface area is 197 Å². The Morgan fingerprint density at radius 3 is 1.72 bits per heavy atom. The van der Waals surface area contributed by atoms with Gasteiger partial charge >= 0.3 is 11.9 Å². The highest BCUT2D eigenvalue weighted by molar-refractivity contribution is 5.79. The average molecular weight is 451 g/mol. The van der Waals surface area contributed by atoms with Crippen molar-refractivity contribution in [1.82, 2.24) is 0 Å². The van der Waals surface area contributed by atoms with Gasteiger partial charge in [-0.3, -0.25) is 9.59 Å². The third kappa shape index (κ3) is 21.6. The highest BCUT2D eigenvalue weighted by atomic mass is 16.5. The van der Waals surface area contributed by atoms with Crippen molar-refractivity contribution in [3.8, 4) is 0 Å². The van der Waals surface area contributed by atoms with Gasteiger partial charge in [0.2, 0.25) is 0 Å². The zero-order valence-corrected chi connectivity index (χ0v) is 20.8. The molecule has 0 spiro atoms. The van der Waals surface area contributed by atoms with E-state index in [4.69, 9.17) is 9.84 Å². The first-order chi connectivity index (χ1) is 15.6. The van der Waals surface area contributed by atoms with Gasteiger partial charge in [-0.05, 0) is 32.1 Å². The van der Waals surface area contributed by atoms with Gasteiger partial charge in [-0.25, -0.2) is 0 Å². The number of esters is 1. The summed E-state index contributed by atoms with van der Waals surface area (Å²) in [4.78, 5) is 22.9. The van der Waals surface area contributed by atoms with Crippen molar-refractivity contribution in [3.63, 3.8) is 0 Å².